The Kier molecular flexibility index (Phi) is 5.15. The molecule has 2 heterocycles. The third-order valence-electron chi connectivity index (χ3n) is 4.89. The zero-order chi connectivity index (χ0) is 19.3. The second-order valence-corrected chi connectivity index (χ2v) is 6.78. The Labute approximate surface area is 164 Å². The number of pyridine rings is 1. The summed E-state index contributed by atoms with van der Waals surface area (Å²) < 4.78 is 1.99. The van der Waals surface area contributed by atoms with Crippen molar-refractivity contribution in [2.24, 2.45) is 0 Å². The summed E-state index contributed by atoms with van der Waals surface area (Å²) in [5.74, 6) is 0.760. The second-order valence-electron chi connectivity index (χ2n) is 6.78. The number of aromatic nitrogens is 3. The van der Waals surface area contributed by atoms with E-state index in [1.165, 1.54) is 0 Å². The first-order chi connectivity index (χ1) is 13.7. The van der Waals surface area contributed by atoms with Gasteiger partial charge < -0.3 is 5.32 Å². The molecule has 1 unspecified atom stereocenters. The van der Waals surface area contributed by atoms with Crippen LogP contribution in [0.15, 0.2) is 79.0 Å². The zero-order valence-electron chi connectivity index (χ0n) is 15.7. The van der Waals surface area contributed by atoms with Gasteiger partial charge in [0.1, 0.15) is 5.82 Å². The van der Waals surface area contributed by atoms with Gasteiger partial charge in [-0.2, -0.15) is 0 Å². The third kappa shape index (κ3) is 3.78. The fraction of sp³-hybridized carbons (Fsp3) is 0.174. The zero-order valence-corrected chi connectivity index (χ0v) is 15.7. The van der Waals surface area contributed by atoms with E-state index in [-0.39, 0.29) is 11.8 Å². The average molecular weight is 370 g/mol. The molecule has 1 amide bonds. The van der Waals surface area contributed by atoms with Crippen LogP contribution in [0.2, 0.25) is 0 Å². The number of carbonyl (C=O) groups excluding carboxylic acids is 1. The molecular weight excluding hydrogens is 348 g/mol. The van der Waals surface area contributed by atoms with Crippen molar-refractivity contribution in [3.05, 3.63) is 95.9 Å². The SMILES string of the molecule is CCC(C(=O)Nc1ccc(Cc2nnc3ccccn23)cc1)c1ccccc1. The molecule has 0 aliphatic rings. The second kappa shape index (κ2) is 8.05. The van der Waals surface area contributed by atoms with Crippen LogP contribution in [0.4, 0.5) is 5.69 Å². The number of anilines is 1. The third-order valence-corrected chi connectivity index (χ3v) is 4.89. The summed E-state index contributed by atoms with van der Waals surface area (Å²) in [6, 6.07) is 23.7. The average Bonchev–Trinajstić information content (AvgIpc) is 3.14. The Balaban J connectivity index is 1.45. The maximum absolute atomic E-state index is 12.7. The number of fused-ring (bicyclic) bond motifs is 1. The van der Waals surface area contributed by atoms with Crippen molar-refractivity contribution in [1.82, 2.24) is 14.6 Å². The van der Waals surface area contributed by atoms with Gasteiger partial charge in [0.2, 0.25) is 5.91 Å². The maximum Gasteiger partial charge on any atom is 0.231 e. The normalized spacial score (nSPS) is 12.0. The van der Waals surface area contributed by atoms with E-state index in [0.717, 1.165) is 34.7 Å². The molecule has 0 saturated carbocycles. The highest BCUT2D eigenvalue weighted by molar-refractivity contribution is 5.95. The maximum atomic E-state index is 12.7. The first kappa shape index (κ1) is 17.9. The molecule has 0 aliphatic heterocycles. The summed E-state index contributed by atoms with van der Waals surface area (Å²) in [5.41, 5.74) is 3.80. The van der Waals surface area contributed by atoms with Gasteiger partial charge in [0, 0.05) is 18.3 Å². The van der Waals surface area contributed by atoms with Gasteiger partial charge in [0.05, 0.1) is 5.92 Å². The van der Waals surface area contributed by atoms with Gasteiger partial charge in [0.15, 0.2) is 5.65 Å². The summed E-state index contributed by atoms with van der Waals surface area (Å²) in [4.78, 5) is 12.7. The van der Waals surface area contributed by atoms with Crippen molar-refractivity contribution >= 4 is 17.2 Å². The number of carbonyl (C=O) groups is 1. The number of nitrogens with one attached hydrogen (secondary N) is 1. The van der Waals surface area contributed by atoms with Crippen LogP contribution in [0.1, 0.15) is 36.2 Å². The Morgan fingerprint density at radius 3 is 2.46 bits per heavy atom. The number of hydrogen-bond donors (Lipinski definition) is 1. The molecule has 4 aromatic rings. The number of amides is 1. The van der Waals surface area contributed by atoms with Crippen molar-refractivity contribution in [1.29, 1.82) is 0 Å². The van der Waals surface area contributed by atoms with Gasteiger partial charge in [0.25, 0.3) is 0 Å². The minimum absolute atomic E-state index is 0.0184. The quantitative estimate of drug-likeness (QED) is 0.545. The van der Waals surface area contributed by atoms with Crippen molar-refractivity contribution in [2.45, 2.75) is 25.7 Å². The molecule has 1 N–H and O–H groups in total. The fourth-order valence-electron chi connectivity index (χ4n) is 3.39. The minimum Gasteiger partial charge on any atom is -0.326 e. The molecule has 0 saturated heterocycles. The van der Waals surface area contributed by atoms with Crippen LogP contribution in [0.3, 0.4) is 0 Å². The summed E-state index contributed by atoms with van der Waals surface area (Å²) >= 11 is 0. The van der Waals surface area contributed by atoms with Crippen LogP contribution in [-0.4, -0.2) is 20.5 Å². The van der Waals surface area contributed by atoms with Gasteiger partial charge in [-0.1, -0.05) is 55.5 Å². The number of rotatable bonds is 6. The summed E-state index contributed by atoms with van der Waals surface area (Å²) in [6.45, 7) is 2.03. The molecule has 5 heteroatoms. The molecule has 0 aliphatic carbocycles. The first-order valence-corrected chi connectivity index (χ1v) is 9.48. The molecule has 0 bridgehead atoms. The van der Waals surface area contributed by atoms with Crippen molar-refractivity contribution in [3.63, 3.8) is 0 Å². The van der Waals surface area contributed by atoms with Crippen LogP contribution >= 0.6 is 0 Å². The fourth-order valence-corrected chi connectivity index (χ4v) is 3.39. The van der Waals surface area contributed by atoms with Crippen LogP contribution in [0.5, 0.6) is 0 Å². The predicted molar refractivity (Wildman–Crippen MR) is 110 cm³/mol. The van der Waals surface area contributed by atoms with Gasteiger partial charge in [-0.15, -0.1) is 10.2 Å². The lowest BCUT2D eigenvalue weighted by molar-refractivity contribution is -0.117. The van der Waals surface area contributed by atoms with E-state index < -0.39 is 0 Å². The lowest BCUT2D eigenvalue weighted by atomic mass is 9.95. The van der Waals surface area contributed by atoms with Crippen molar-refractivity contribution < 1.29 is 4.79 Å². The molecule has 0 spiro atoms. The summed E-state index contributed by atoms with van der Waals surface area (Å²) in [7, 11) is 0. The molecule has 2 aromatic carbocycles. The van der Waals surface area contributed by atoms with Crippen molar-refractivity contribution in [3.8, 4) is 0 Å². The smallest absolute Gasteiger partial charge is 0.231 e. The first-order valence-electron chi connectivity index (χ1n) is 9.48. The largest absolute Gasteiger partial charge is 0.326 e. The van der Waals surface area contributed by atoms with E-state index in [9.17, 15) is 4.79 Å². The highest BCUT2D eigenvalue weighted by Gasteiger charge is 2.18. The molecule has 4 rings (SSSR count). The summed E-state index contributed by atoms with van der Waals surface area (Å²) in [5, 5.41) is 11.5. The van der Waals surface area contributed by atoms with E-state index in [4.69, 9.17) is 0 Å². The Morgan fingerprint density at radius 1 is 0.964 bits per heavy atom. The molecule has 28 heavy (non-hydrogen) atoms. The van der Waals surface area contributed by atoms with E-state index in [0.29, 0.717) is 6.42 Å². The molecule has 5 nitrogen and oxygen atoms in total. The minimum atomic E-state index is -0.150. The highest BCUT2D eigenvalue weighted by Crippen LogP contribution is 2.22. The highest BCUT2D eigenvalue weighted by atomic mass is 16.1. The summed E-state index contributed by atoms with van der Waals surface area (Å²) in [6.07, 6.45) is 3.41. The molecule has 140 valence electrons. The number of nitrogens with zero attached hydrogens (tertiary/aromatic N) is 3. The lowest BCUT2D eigenvalue weighted by Crippen LogP contribution is -2.20. The van der Waals surface area contributed by atoms with Gasteiger partial charge in [-0.05, 0) is 41.8 Å². The number of benzene rings is 2. The lowest BCUT2D eigenvalue weighted by Gasteiger charge is -2.15. The van der Waals surface area contributed by atoms with Gasteiger partial charge >= 0.3 is 0 Å². The molecule has 2 aromatic heterocycles. The Morgan fingerprint density at radius 2 is 1.71 bits per heavy atom. The van der Waals surface area contributed by atoms with Gasteiger partial charge in [-0.25, -0.2) is 0 Å². The molecular formula is C23H22N4O. The van der Waals surface area contributed by atoms with Crippen LogP contribution in [0.25, 0.3) is 5.65 Å². The Hall–Kier alpha value is -3.47. The number of hydrogen-bond acceptors (Lipinski definition) is 3. The Bertz CT molecular complexity index is 1070. The van der Waals surface area contributed by atoms with Crippen LogP contribution in [0, 0.1) is 0 Å². The topological polar surface area (TPSA) is 59.3 Å². The van der Waals surface area contributed by atoms with Crippen LogP contribution in [-0.2, 0) is 11.2 Å². The molecule has 1 atom stereocenters. The van der Waals surface area contributed by atoms with E-state index in [1.807, 2.05) is 90.3 Å². The van der Waals surface area contributed by atoms with E-state index in [2.05, 4.69) is 15.5 Å². The van der Waals surface area contributed by atoms with E-state index in [1.54, 1.807) is 0 Å². The van der Waals surface area contributed by atoms with Crippen molar-refractivity contribution in [2.75, 3.05) is 5.32 Å². The molecule has 0 radical (unpaired) electrons. The van der Waals surface area contributed by atoms with E-state index >= 15 is 0 Å². The predicted octanol–water partition coefficient (Wildman–Crippen LogP) is 4.45. The molecule has 0 fully saturated rings. The van der Waals surface area contributed by atoms with Gasteiger partial charge in [-0.3, -0.25) is 9.20 Å². The monoisotopic (exact) mass is 370 g/mol. The standard InChI is InChI=1S/C23H22N4O/c1-2-20(18-8-4-3-5-9-18)23(28)24-19-13-11-17(12-14-19)16-22-26-25-21-10-6-7-15-27(21)22/h3-15,20H,2,16H2,1H3,(H,24,28). The van der Waals surface area contributed by atoms with Crippen LogP contribution < -0.4 is 5.32 Å².